The van der Waals surface area contributed by atoms with Crippen molar-refractivity contribution in [2.24, 2.45) is 0 Å². The highest BCUT2D eigenvalue weighted by Crippen LogP contribution is 2.29. The molecule has 25 heavy (non-hydrogen) atoms. The van der Waals surface area contributed by atoms with Crippen LogP contribution in [0.15, 0.2) is 30.3 Å². The molecular formula is C16H13NO8. The second-order valence-corrected chi connectivity index (χ2v) is 5.06. The minimum atomic E-state index is -1.29. The van der Waals surface area contributed by atoms with Crippen LogP contribution in [0.2, 0.25) is 0 Å². The van der Waals surface area contributed by atoms with E-state index in [0.717, 1.165) is 30.3 Å². The van der Waals surface area contributed by atoms with E-state index in [2.05, 4.69) is 0 Å². The first-order valence-electron chi connectivity index (χ1n) is 6.83. The molecule has 0 heterocycles. The summed E-state index contributed by atoms with van der Waals surface area (Å²) < 4.78 is 0. The number of aromatic hydroxyl groups is 4. The van der Waals surface area contributed by atoms with E-state index >= 15 is 0 Å². The zero-order chi connectivity index (χ0) is 18.7. The maximum Gasteiger partial charge on any atom is 0.307 e. The Morgan fingerprint density at radius 3 is 2.16 bits per heavy atom. The summed E-state index contributed by atoms with van der Waals surface area (Å²) in [6.07, 6.45) is -0.639. The summed E-state index contributed by atoms with van der Waals surface area (Å²) in [4.78, 5) is 34.9. The van der Waals surface area contributed by atoms with Gasteiger partial charge in [-0.2, -0.15) is 0 Å². The largest absolute Gasteiger partial charge is 0.508 e. The Morgan fingerprint density at radius 2 is 1.56 bits per heavy atom. The maximum absolute atomic E-state index is 12.1. The van der Waals surface area contributed by atoms with Gasteiger partial charge < -0.3 is 25.5 Å². The van der Waals surface area contributed by atoms with Gasteiger partial charge in [-0.15, -0.1) is 0 Å². The molecule has 0 bridgehead atoms. The van der Waals surface area contributed by atoms with Crippen LogP contribution in [-0.4, -0.2) is 43.3 Å². The van der Waals surface area contributed by atoms with Gasteiger partial charge in [-0.1, -0.05) is 0 Å². The van der Waals surface area contributed by atoms with Crippen molar-refractivity contribution in [2.45, 2.75) is 6.42 Å². The van der Waals surface area contributed by atoms with Crippen molar-refractivity contribution >= 4 is 17.8 Å². The van der Waals surface area contributed by atoms with Gasteiger partial charge in [0.15, 0.2) is 11.5 Å². The van der Waals surface area contributed by atoms with E-state index in [1.165, 1.54) is 0 Å². The molecule has 2 amide bonds. The molecule has 9 nitrogen and oxygen atoms in total. The van der Waals surface area contributed by atoms with E-state index in [4.69, 9.17) is 5.11 Å². The summed E-state index contributed by atoms with van der Waals surface area (Å²) in [6.45, 7) is 0. The molecule has 0 aliphatic heterocycles. The lowest BCUT2D eigenvalue weighted by molar-refractivity contribution is -0.136. The van der Waals surface area contributed by atoms with Crippen LogP contribution >= 0.6 is 0 Å². The SMILES string of the molecule is O=C(O)Cc1cc(O)cc(C(=O)NC(=O)c2ccc(O)c(O)c2)c1O. The van der Waals surface area contributed by atoms with Gasteiger partial charge in [0.25, 0.3) is 11.8 Å². The summed E-state index contributed by atoms with van der Waals surface area (Å²) in [5, 5.41) is 48.8. The predicted molar refractivity (Wildman–Crippen MR) is 82.7 cm³/mol. The van der Waals surface area contributed by atoms with Crippen molar-refractivity contribution in [1.29, 1.82) is 0 Å². The van der Waals surface area contributed by atoms with Crippen LogP contribution in [0, 0.1) is 0 Å². The summed E-state index contributed by atoms with van der Waals surface area (Å²) in [7, 11) is 0. The first kappa shape index (κ1) is 17.6. The molecule has 0 saturated carbocycles. The van der Waals surface area contributed by atoms with Crippen LogP contribution in [-0.2, 0) is 11.2 Å². The fourth-order valence-corrected chi connectivity index (χ4v) is 2.06. The Hall–Kier alpha value is -3.75. The number of imide groups is 1. The number of hydrogen-bond acceptors (Lipinski definition) is 7. The first-order chi connectivity index (χ1) is 11.7. The molecule has 0 aliphatic carbocycles. The molecule has 9 heteroatoms. The van der Waals surface area contributed by atoms with E-state index in [0.29, 0.717) is 0 Å². The van der Waals surface area contributed by atoms with Gasteiger partial charge in [-0.05, 0) is 30.3 Å². The Labute approximate surface area is 140 Å². The molecule has 0 radical (unpaired) electrons. The average Bonchev–Trinajstić information content (AvgIpc) is 2.52. The molecule has 0 atom stereocenters. The Balaban J connectivity index is 2.28. The fourth-order valence-electron chi connectivity index (χ4n) is 2.06. The van der Waals surface area contributed by atoms with Crippen molar-refractivity contribution in [2.75, 3.05) is 0 Å². The topological polar surface area (TPSA) is 164 Å². The third-order valence-electron chi connectivity index (χ3n) is 3.22. The molecule has 2 aromatic rings. The van der Waals surface area contributed by atoms with Crippen LogP contribution < -0.4 is 5.32 Å². The van der Waals surface area contributed by atoms with Gasteiger partial charge in [0.05, 0.1) is 12.0 Å². The standard InChI is InChI=1S/C16H13NO8/c18-9-3-8(5-13(21)22)14(23)10(6-9)16(25)17-15(24)7-1-2-11(19)12(20)4-7/h1-4,6,18-20,23H,5H2,(H,21,22)(H,17,24,25). The highest BCUT2D eigenvalue weighted by atomic mass is 16.4. The third kappa shape index (κ3) is 3.96. The summed E-state index contributed by atoms with van der Waals surface area (Å²) in [6, 6.07) is 4.98. The summed E-state index contributed by atoms with van der Waals surface area (Å²) in [5.74, 6) is -5.48. The quantitative estimate of drug-likeness (QED) is 0.267. The molecule has 0 saturated heterocycles. The van der Waals surface area contributed by atoms with Crippen molar-refractivity contribution in [1.82, 2.24) is 5.32 Å². The number of phenols is 4. The first-order valence-corrected chi connectivity index (χ1v) is 6.83. The molecule has 2 rings (SSSR count). The zero-order valence-electron chi connectivity index (χ0n) is 12.6. The minimum absolute atomic E-state index is 0.144. The highest BCUT2D eigenvalue weighted by Gasteiger charge is 2.20. The number of hydrogen-bond donors (Lipinski definition) is 6. The molecule has 0 aromatic heterocycles. The third-order valence-corrected chi connectivity index (χ3v) is 3.22. The van der Waals surface area contributed by atoms with Crippen LogP contribution in [0.5, 0.6) is 23.0 Å². The number of amides is 2. The minimum Gasteiger partial charge on any atom is -0.508 e. The summed E-state index contributed by atoms with van der Waals surface area (Å²) >= 11 is 0. The van der Waals surface area contributed by atoms with Crippen LogP contribution in [0.25, 0.3) is 0 Å². The Morgan fingerprint density at radius 1 is 0.880 bits per heavy atom. The van der Waals surface area contributed by atoms with Crippen LogP contribution in [0.1, 0.15) is 26.3 Å². The number of aliphatic carboxylic acids is 1. The number of benzene rings is 2. The lowest BCUT2D eigenvalue weighted by atomic mass is 10.0. The lowest BCUT2D eigenvalue weighted by Crippen LogP contribution is -2.30. The smallest absolute Gasteiger partial charge is 0.307 e. The fraction of sp³-hybridized carbons (Fsp3) is 0.0625. The molecule has 0 spiro atoms. The molecule has 0 unspecified atom stereocenters. The van der Waals surface area contributed by atoms with Crippen LogP contribution in [0.4, 0.5) is 0 Å². The molecule has 2 aromatic carbocycles. The van der Waals surface area contributed by atoms with Gasteiger partial charge in [0, 0.05) is 11.1 Å². The van der Waals surface area contributed by atoms with E-state index < -0.39 is 52.8 Å². The lowest BCUT2D eigenvalue weighted by Gasteiger charge is -2.10. The number of nitrogens with one attached hydrogen (secondary N) is 1. The van der Waals surface area contributed by atoms with E-state index in [1.807, 2.05) is 5.32 Å². The summed E-state index contributed by atoms with van der Waals surface area (Å²) in [5.41, 5.74) is -0.839. The Bertz CT molecular complexity index is 875. The van der Waals surface area contributed by atoms with Crippen LogP contribution in [0.3, 0.4) is 0 Å². The maximum atomic E-state index is 12.1. The average molecular weight is 347 g/mol. The monoisotopic (exact) mass is 347 g/mol. The van der Waals surface area contributed by atoms with Gasteiger partial charge in [-0.25, -0.2) is 0 Å². The number of phenolic OH excluding ortho intramolecular Hbond substituents is 4. The van der Waals surface area contributed by atoms with E-state index in [1.54, 1.807) is 0 Å². The normalized spacial score (nSPS) is 10.2. The molecule has 130 valence electrons. The van der Waals surface area contributed by atoms with Gasteiger partial charge >= 0.3 is 5.97 Å². The van der Waals surface area contributed by atoms with E-state index in [9.17, 15) is 34.8 Å². The molecule has 0 aliphatic rings. The predicted octanol–water partition coefficient (Wildman–Crippen LogP) is 0.706. The van der Waals surface area contributed by atoms with Gasteiger partial charge in [-0.3, -0.25) is 19.7 Å². The second kappa shape index (κ2) is 6.79. The van der Waals surface area contributed by atoms with Gasteiger partial charge in [0.1, 0.15) is 11.5 Å². The highest BCUT2D eigenvalue weighted by molar-refractivity contribution is 6.11. The molecule has 0 fully saturated rings. The number of rotatable bonds is 4. The molecule has 6 N–H and O–H groups in total. The molecular weight excluding hydrogens is 334 g/mol. The Kier molecular flexibility index (Phi) is 4.78. The zero-order valence-corrected chi connectivity index (χ0v) is 12.6. The van der Waals surface area contributed by atoms with Crippen molar-refractivity contribution in [3.05, 3.63) is 47.0 Å². The number of carbonyl (C=O) groups is 3. The second-order valence-electron chi connectivity index (χ2n) is 5.06. The van der Waals surface area contributed by atoms with Crippen molar-refractivity contribution < 1.29 is 39.9 Å². The van der Waals surface area contributed by atoms with E-state index in [-0.39, 0.29) is 11.1 Å². The van der Waals surface area contributed by atoms with Crippen molar-refractivity contribution in [3.8, 4) is 23.0 Å². The number of carboxylic acid groups (broad SMARTS) is 1. The van der Waals surface area contributed by atoms with Crippen molar-refractivity contribution in [3.63, 3.8) is 0 Å². The number of carboxylic acids is 1. The number of carbonyl (C=O) groups excluding carboxylic acids is 2. The van der Waals surface area contributed by atoms with Gasteiger partial charge in [0.2, 0.25) is 0 Å².